The molecule has 0 fully saturated rings. The highest BCUT2D eigenvalue weighted by atomic mass is 16.5. The molecular weight excluding hydrogens is 665 g/mol. The van der Waals surface area contributed by atoms with Crippen LogP contribution in [-0.2, 0) is 10.8 Å². The van der Waals surface area contributed by atoms with Gasteiger partial charge in [0.15, 0.2) is 0 Å². The highest BCUT2D eigenvalue weighted by Crippen LogP contribution is 2.63. The van der Waals surface area contributed by atoms with Crippen molar-refractivity contribution in [3.05, 3.63) is 251 Å². The monoisotopic (exact) mass is 698 g/mol. The smallest absolute Gasteiger partial charge is 0.140 e. The van der Waals surface area contributed by atoms with Crippen LogP contribution in [0.1, 0.15) is 44.5 Å². The van der Waals surface area contributed by atoms with Gasteiger partial charge < -0.3 is 4.74 Å². The van der Waals surface area contributed by atoms with Crippen molar-refractivity contribution in [2.75, 3.05) is 0 Å². The Morgan fingerprint density at radius 3 is 1.53 bits per heavy atom. The lowest BCUT2D eigenvalue weighted by atomic mass is 9.65. The Morgan fingerprint density at radius 2 is 0.800 bits per heavy atom. The van der Waals surface area contributed by atoms with E-state index in [9.17, 15) is 0 Å². The highest BCUT2D eigenvalue weighted by molar-refractivity contribution is 5.96. The van der Waals surface area contributed by atoms with Gasteiger partial charge in [-0.3, -0.25) is 0 Å². The van der Waals surface area contributed by atoms with Crippen molar-refractivity contribution in [2.24, 2.45) is 0 Å². The first-order valence-corrected chi connectivity index (χ1v) is 19.2. The summed E-state index contributed by atoms with van der Waals surface area (Å²) in [6.45, 7) is 0. The molecule has 9 aromatic carbocycles. The second-order valence-electron chi connectivity index (χ2n) is 15.1. The molecule has 3 aliphatic rings. The molecule has 0 bridgehead atoms. The normalized spacial score (nSPS) is 16.4. The Bertz CT molecular complexity index is 2980. The number of hydrogen-bond acceptors (Lipinski definition) is 1. The molecular formula is C54H34O. The molecule has 0 saturated carbocycles. The van der Waals surface area contributed by atoms with Gasteiger partial charge in [-0.1, -0.05) is 182 Å². The molecule has 9 aromatic rings. The average Bonchev–Trinajstić information content (AvgIpc) is 3.71. The number of hydrogen-bond donors (Lipinski definition) is 0. The largest absolute Gasteiger partial charge is 0.456 e. The third-order valence-electron chi connectivity index (χ3n) is 12.6. The molecule has 1 aliphatic heterocycles. The van der Waals surface area contributed by atoms with Crippen molar-refractivity contribution < 1.29 is 4.74 Å². The fraction of sp³-hybridized carbons (Fsp3) is 0.0370. The van der Waals surface area contributed by atoms with Gasteiger partial charge in [0.1, 0.15) is 11.5 Å². The Balaban J connectivity index is 1.14. The van der Waals surface area contributed by atoms with E-state index in [1.54, 1.807) is 0 Å². The molecule has 12 rings (SSSR count). The van der Waals surface area contributed by atoms with E-state index in [1.165, 1.54) is 77.5 Å². The maximum atomic E-state index is 7.12. The van der Waals surface area contributed by atoms with Crippen LogP contribution < -0.4 is 4.74 Å². The van der Waals surface area contributed by atoms with Crippen LogP contribution in [0.5, 0.6) is 11.5 Å². The van der Waals surface area contributed by atoms with Gasteiger partial charge in [0.25, 0.3) is 0 Å². The summed E-state index contributed by atoms with van der Waals surface area (Å²) < 4.78 is 7.12. The van der Waals surface area contributed by atoms with E-state index >= 15 is 0 Å². The van der Waals surface area contributed by atoms with Crippen LogP contribution in [0.3, 0.4) is 0 Å². The maximum Gasteiger partial charge on any atom is 0.140 e. The topological polar surface area (TPSA) is 9.23 Å². The fourth-order valence-electron chi connectivity index (χ4n) is 10.5. The van der Waals surface area contributed by atoms with E-state index < -0.39 is 10.8 Å². The SMILES string of the molecule is c1ccc(C2(c3cccc(-c4cccc5c4Oc4ccccc4C54c5ccccc5-c5ccccc54)c3)c3ccccc3-c3cc4ccccc4cc32)cc1. The van der Waals surface area contributed by atoms with Gasteiger partial charge in [0.05, 0.1) is 10.8 Å². The van der Waals surface area contributed by atoms with Gasteiger partial charge >= 0.3 is 0 Å². The van der Waals surface area contributed by atoms with E-state index in [4.69, 9.17) is 4.74 Å². The molecule has 1 heteroatoms. The van der Waals surface area contributed by atoms with E-state index in [1.807, 2.05) is 0 Å². The minimum absolute atomic E-state index is 0.513. The minimum Gasteiger partial charge on any atom is -0.456 e. The molecule has 1 atom stereocenters. The van der Waals surface area contributed by atoms with Crippen LogP contribution in [0.2, 0.25) is 0 Å². The van der Waals surface area contributed by atoms with Crippen LogP contribution >= 0.6 is 0 Å². The minimum atomic E-state index is -0.528. The molecule has 0 radical (unpaired) electrons. The number of ether oxygens (including phenoxy) is 1. The number of fused-ring (bicyclic) bond motifs is 13. The second kappa shape index (κ2) is 11.3. The Kier molecular flexibility index (Phi) is 6.25. The molecule has 0 N–H and O–H groups in total. The van der Waals surface area contributed by atoms with E-state index in [0.717, 1.165) is 22.6 Å². The summed E-state index contributed by atoms with van der Waals surface area (Å²) >= 11 is 0. The zero-order valence-corrected chi connectivity index (χ0v) is 30.0. The molecule has 256 valence electrons. The van der Waals surface area contributed by atoms with Crippen LogP contribution in [0.15, 0.2) is 206 Å². The van der Waals surface area contributed by atoms with E-state index in [-0.39, 0.29) is 0 Å². The fourth-order valence-corrected chi connectivity index (χ4v) is 10.5. The Hall–Kier alpha value is -6.96. The van der Waals surface area contributed by atoms with Crippen molar-refractivity contribution in [1.29, 1.82) is 0 Å². The molecule has 1 heterocycles. The zero-order valence-electron chi connectivity index (χ0n) is 30.0. The third kappa shape index (κ3) is 3.92. The van der Waals surface area contributed by atoms with Crippen molar-refractivity contribution in [1.82, 2.24) is 0 Å². The predicted octanol–water partition coefficient (Wildman–Crippen LogP) is 13.3. The first-order valence-electron chi connectivity index (χ1n) is 19.2. The summed E-state index contributed by atoms with van der Waals surface area (Å²) in [4.78, 5) is 0. The predicted molar refractivity (Wildman–Crippen MR) is 224 cm³/mol. The highest BCUT2D eigenvalue weighted by Gasteiger charge is 2.51. The Labute approximate surface area is 320 Å². The second-order valence-corrected chi connectivity index (χ2v) is 15.1. The summed E-state index contributed by atoms with van der Waals surface area (Å²) in [5.74, 6) is 1.81. The van der Waals surface area contributed by atoms with E-state index in [2.05, 4.69) is 206 Å². The summed E-state index contributed by atoms with van der Waals surface area (Å²) in [5, 5.41) is 2.50. The molecule has 0 saturated heterocycles. The molecule has 2 aliphatic carbocycles. The standard InChI is InChI=1S/C54H34O/c1-2-19-38(20-3-1)53(45-26-9-8-24-43(45)44-33-35-16-4-5-17-36(35)34-50(44)53)39-21-14-18-37(32-39)40-25-15-30-49-52(40)55-51-31-13-12-29-48(51)54(49)46-27-10-6-22-41(46)42-23-7-11-28-47(42)54/h1-34H. The maximum absolute atomic E-state index is 7.12. The lowest BCUT2D eigenvalue weighted by molar-refractivity contribution is 0.438. The number of para-hydroxylation sites is 2. The van der Waals surface area contributed by atoms with Crippen molar-refractivity contribution in [3.63, 3.8) is 0 Å². The lowest BCUT2D eigenvalue weighted by Gasteiger charge is -2.40. The summed E-state index contributed by atoms with van der Waals surface area (Å²) in [7, 11) is 0. The van der Waals surface area contributed by atoms with Gasteiger partial charge in [0, 0.05) is 16.7 Å². The van der Waals surface area contributed by atoms with Crippen molar-refractivity contribution in [2.45, 2.75) is 10.8 Å². The van der Waals surface area contributed by atoms with Crippen molar-refractivity contribution >= 4 is 10.8 Å². The Morgan fingerprint density at radius 1 is 0.291 bits per heavy atom. The average molecular weight is 699 g/mol. The van der Waals surface area contributed by atoms with Crippen LogP contribution in [0, 0.1) is 0 Å². The first kappa shape index (κ1) is 30.5. The van der Waals surface area contributed by atoms with Crippen molar-refractivity contribution in [3.8, 4) is 44.9 Å². The summed E-state index contributed by atoms with van der Waals surface area (Å²) in [6, 6.07) is 76.2. The number of benzene rings is 9. The molecule has 55 heavy (non-hydrogen) atoms. The summed E-state index contributed by atoms with van der Waals surface area (Å²) in [5.41, 5.74) is 16.4. The van der Waals surface area contributed by atoms with Gasteiger partial charge in [-0.05, 0) is 96.2 Å². The first-order chi connectivity index (χ1) is 27.3. The molecule has 1 nitrogen and oxygen atoms in total. The molecule has 0 amide bonds. The van der Waals surface area contributed by atoms with Crippen LogP contribution in [-0.4, -0.2) is 0 Å². The molecule has 0 aromatic heterocycles. The number of rotatable bonds is 3. The molecule has 1 spiro atoms. The van der Waals surface area contributed by atoms with Gasteiger partial charge in [-0.2, -0.15) is 0 Å². The van der Waals surface area contributed by atoms with Gasteiger partial charge in [0.2, 0.25) is 0 Å². The zero-order chi connectivity index (χ0) is 36.1. The van der Waals surface area contributed by atoms with Crippen LogP contribution in [0.25, 0.3) is 44.2 Å². The summed E-state index contributed by atoms with van der Waals surface area (Å²) in [6.07, 6.45) is 0. The van der Waals surface area contributed by atoms with Gasteiger partial charge in [-0.15, -0.1) is 0 Å². The molecule has 1 unspecified atom stereocenters. The lowest BCUT2D eigenvalue weighted by Crippen LogP contribution is -2.32. The quantitative estimate of drug-likeness (QED) is 0.178. The third-order valence-corrected chi connectivity index (χ3v) is 12.6. The van der Waals surface area contributed by atoms with Gasteiger partial charge in [-0.25, -0.2) is 0 Å². The van der Waals surface area contributed by atoms with Crippen LogP contribution in [0.4, 0.5) is 0 Å². The van der Waals surface area contributed by atoms with E-state index in [0.29, 0.717) is 0 Å².